The number of benzene rings is 2. The summed E-state index contributed by atoms with van der Waals surface area (Å²) in [5.41, 5.74) is 12.4. The monoisotopic (exact) mass is 515 g/mol. The zero-order valence-electron chi connectivity index (χ0n) is 20.8. The standard InChI is InChI=1S/C26H35N3.2ClH.Fe/c1-15-11-17(3)25(18(4)12-15)28-23(9)21(7)27-22(8)24(10)29-26-19(5)13-16(2)14-20(26)6;;;/h11-14,21H,1-10H3;2*1H;/q;;;+2/p-2. The molecule has 2 rings (SSSR count). The molecule has 6 heteroatoms. The predicted molar refractivity (Wildman–Crippen MR) is 141 cm³/mol. The Morgan fingerprint density at radius 2 is 1.03 bits per heavy atom. The zero-order valence-corrected chi connectivity index (χ0v) is 23.5. The number of hydrogen-bond acceptors (Lipinski definition) is 3. The van der Waals surface area contributed by atoms with Crippen molar-refractivity contribution in [2.75, 3.05) is 0 Å². The summed E-state index contributed by atoms with van der Waals surface area (Å²) in [6.07, 6.45) is 0. The molecule has 0 aromatic heterocycles. The van der Waals surface area contributed by atoms with Crippen LogP contribution >= 0.6 is 20.2 Å². The van der Waals surface area contributed by atoms with Crippen LogP contribution in [0.5, 0.6) is 0 Å². The third-order valence-electron chi connectivity index (χ3n) is 5.35. The summed E-state index contributed by atoms with van der Waals surface area (Å²) < 4.78 is 0. The first-order valence-corrected chi connectivity index (χ1v) is 13.6. The van der Waals surface area contributed by atoms with Crippen molar-refractivity contribution in [3.05, 3.63) is 57.6 Å². The van der Waals surface area contributed by atoms with Crippen LogP contribution in [0.2, 0.25) is 0 Å². The van der Waals surface area contributed by atoms with Crippen LogP contribution in [-0.4, -0.2) is 23.2 Å². The van der Waals surface area contributed by atoms with Gasteiger partial charge in [-0.2, -0.15) is 0 Å². The van der Waals surface area contributed by atoms with Crippen LogP contribution in [0.4, 0.5) is 11.4 Å². The molecule has 0 saturated heterocycles. The zero-order chi connectivity index (χ0) is 24.6. The van der Waals surface area contributed by atoms with Crippen molar-refractivity contribution in [1.29, 1.82) is 0 Å². The van der Waals surface area contributed by atoms with Gasteiger partial charge >= 0.3 is 33.3 Å². The van der Waals surface area contributed by atoms with E-state index in [2.05, 4.69) is 79.7 Å². The molecule has 32 heavy (non-hydrogen) atoms. The van der Waals surface area contributed by atoms with Crippen LogP contribution in [-0.2, 0) is 13.1 Å². The SMILES string of the molecule is CC(=Nc1c(C)cc(C)cc1C)C(C)=NC(C)C(C)=Nc1c(C)cc(C)cc1C.[Cl][Fe][Cl]. The average Bonchev–Trinajstić information content (AvgIpc) is 2.67. The minimum absolute atomic E-state index is 0.000430. The number of aryl methyl sites for hydroxylation is 6. The number of halogens is 2. The van der Waals surface area contributed by atoms with E-state index in [0.29, 0.717) is 0 Å². The Hall–Kier alpha value is -1.45. The summed E-state index contributed by atoms with van der Waals surface area (Å²) >= 11 is 0.194. The molecule has 0 spiro atoms. The van der Waals surface area contributed by atoms with Gasteiger partial charge in [-0.3, -0.25) is 15.0 Å². The van der Waals surface area contributed by atoms with E-state index in [9.17, 15) is 0 Å². The summed E-state index contributed by atoms with van der Waals surface area (Å²) in [4.78, 5) is 14.7. The van der Waals surface area contributed by atoms with Gasteiger partial charge in [0.25, 0.3) is 0 Å². The van der Waals surface area contributed by atoms with Crippen molar-refractivity contribution in [2.24, 2.45) is 15.0 Å². The van der Waals surface area contributed by atoms with E-state index in [1.807, 2.05) is 13.8 Å². The molecule has 0 saturated carbocycles. The van der Waals surface area contributed by atoms with Crippen molar-refractivity contribution >= 4 is 48.7 Å². The molecule has 0 fully saturated rings. The maximum atomic E-state index is 4.90. The molecule has 0 N–H and O–H groups in total. The molecule has 0 aliphatic rings. The molecule has 0 bridgehead atoms. The van der Waals surface area contributed by atoms with Crippen LogP contribution < -0.4 is 0 Å². The Bertz CT molecular complexity index is 993. The Kier molecular flexibility index (Phi) is 11.9. The summed E-state index contributed by atoms with van der Waals surface area (Å²) in [6.45, 7) is 20.9. The van der Waals surface area contributed by atoms with Crippen molar-refractivity contribution in [3.8, 4) is 0 Å². The van der Waals surface area contributed by atoms with Gasteiger partial charge in [-0.25, -0.2) is 0 Å². The Morgan fingerprint density at radius 1 is 0.688 bits per heavy atom. The van der Waals surface area contributed by atoms with Gasteiger partial charge in [0, 0.05) is 5.71 Å². The van der Waals surface area contributed by atoms with Gasteiger partial charge in [0.05, 0.1) is 28.8 Å². The van der Waals surface area contributed by atoms with E-state index in [1.165, 1.54) is 33.4 Å². The normalized spacial score (nSPS) is 13.7. The Labute approximate surface area is 209 Å². The van der Waals surface area contributed by atoms with E-state index in [4.69, 9.17) is 35.2 Å². The van der Waals surface area contributed by atoms with Gasteiger partial charge in [0.15, 0.2) is 0 Å². The van der Waals surface area contributed by atoms with Crippen LogP contribution in [0.3, 0.4) is 0 Å². The van der Waals surface area contributed by atoms with E-state index in [0.717, 1.165) is 28.5 Å². The van der Waals surface area contributed by atoms with Gasteiger partial charge in [0.1, 0.15) is 0 Å². The van der Waals surface area contributed by atoms with E-state index in [-0.39, 0.29) is 19.2 Å². The third-order valence-corrected chi connectivity index (χ3v) is 5.35. The fraction of sp³-hybridized carbons (Fsp3) is 0.423. The van der Waals surface area contributed by atoms with E-state index in [1.54, 1.807) is 0 Å². The average molecular weight is 516 g/mol. The second kappa shape index (κ2) is 13.3. The van der Waals surface area contributed by atoms with Gasteiger partial charge < -0.3 is 0 Å². The van der Waals surface area contributed by atoms with Crippen molar-refractivity contribution in [1.82, 2.24) is 0 Å². The summed E-state index contributed by atoms with van der Waals surface area (Å²) in [6, 6.07) is 8.72. The number of nitrogens with zero attached hydrogens (tertiary/aromatic N) is 3. The van der Waals surface area contributed by atoms with Crippen LogP contribution in [0.1, 0.15) is 61.1 Å². The quantitative estimate of drug-likeness (QED) is 0.282. The summed E-state index contributed by atoms with van der Waals surface area (Å²) in [5, 5.41) is 0. The molecule has 2 aromatic rings. The maximum absolute atomic E-state index is 4.90. The molecule has 1 atom stereocenters. The van der Waals surface area contributed by atoms with Gasteiger partial charge in [-0.1, -0.05) is 35.4 Å². The van der Waals surface area contributed by atoms with Crippen LogP contribution in [0, 0.1) is 41.5 Å². The first-order chi connectivity index (χ1) is 14.9. The number of rotatable bonds is 5. The van der Waals surface area contributed by atoms with Crippen molar-refractivity contribution < 1.29 is 13.1 Å². The second-order valence-corrected chi connectivity index (χ2v) is 10.2. The number of hydrogen-bond donors (Lipinski definition) is 0. The van der Waals surface area contributed by atoms with Crippen LogP contribution in [0.15, 0.2) is 39.2 Å². The first-order valence-electron chi connectivity index (χ1n) is 10.6. The first kappa shape index (κ1) is 28.6. The third kappa shape index (κ3) is 8.48. The topological polar surface area (TPSA) is 37.1 Å². The second-order valence-electron chi connectivity index (χ2n) is 8.39. The van der Waals surface area contributed by atoms with Gasteiger partial charge in [-0.05, 0) is 91.5 Å². The predicted octanol–water partition coefficient (Wildman–Crippen LogP) is 8.65. The fourth-order valence-corrected chi connectivity index (χ4v) is 3.69. The van der Waals surface area contributed by atoms with E-state index >= 15 is 0 Å². The molecule has 0 aliphatic heterocycles. The molecule has 0 aliphatic carbocycles. The molecule has 0 amide bonds. The van der Waals surface area contributed by atoms with Crippen molar-refractivity contribution in [2.45, 2.75) is 75.3 Å². The van der Waals surface area contributed by atoms with Gasteiger partial charge in [0.2, 0.25) is 0 Å². The van der Waals surface area contributed by atoms with Crippen LogP contribution in [0.25, 0.3) is 0 Å². The number of aliphatic imine (C=N–C) groups is 3. The van der Waals surface area contributed by atoms with E-state index < -0.39 is 0 Å². The fourth-order valence-electron chi connectivity index (χ4n) is 3.69. The molecule has 0 radical (unpaired) electrons. The molecular weight excluding hydrogens is 481 g/mol. The molecule has 0 heterocycles. The minimum atomic E-state index is 0.000430. The molecule has 2 aromatic carbocycles. The van der Waals surface area contributed by atoms with Gasteiger partial charge in [-0.15, -0.1) is 0 Å². The summed E-state index contributed by atoms with van der Waals surface area (Å²) in [5.74, 6) is 0. The Balaban J connectivity index is 0.00000161. The molecule has 176 valence electrons. The Morgan fingerprint density at radius 3 is 1.41 bits per heavy atom. The summed E-state index contributed by atoms with van der Waals surface area (Å²) in [7, 11) is 9.53. The molecule has 1 unspecified atom stereocenters. The molecule has 3 nitrogen and oxygen atoms in total. The van der Waals surface area contributed by atoms with Crippen molar-refractivity contribution in [3.63, 3.8) is 0 Å². The molecular formula is C26H35Cl2FeN3.